The Hall–Kier alpha value is -1.47. The van der Waals surface area contributed by atoms with Gasteiger partial charge in [0.25, 0.3) is 5.91 Å². The number of nitrogens with zero attached hydrogens (tertiary/aromatic N) is 2. The molecular weight excluding hydrogens is 348 g/mol. The summed E-state index contributed by atoms with van der Waals surface area (Å²) in [6.45, 7) is 2.06. The van der Waals surface area contributed by atoms with Crippen molar-refractivity contribution in [3.63, 3.8) is 0 Å². The molecule has 4 unspecified atom stereocenters. The third-order valence-corrected chi connectivity index (χ3v) is 7.36. The summed E-state index contributed by atoms with van der Waals surface area (Å²) in [6.07, 6.45) is 7.51. The minimum atomic E-state index is -0.822. The zero-order valence-corrected chi connectivity index (χ0v) is 16.3. The highest BCUT2D eigenvalue weighted by atomic mass is 16.7. The van der Waals surface area contributed by atoms with Gasteiger partial charge >= 0.3 is 6.03 Å². The normalized spacial score (nSPS) is 37.8. The van der Waals surface area contributed by atoms with E-state index in [2.05, 4.69) is 0 Å². The van der Waals surface area contributed by atoms with Crippen molar-refractivity contribution in [2.24, 2.45) is 11.8 Å². The van der Waals surface area contributed by atoms with E-state index in [4.69, 9.17) is 9.47 Å². The van der Waals surface area contributed by atoms with Crippen LogP contribution in [0.1, 0.15) is 58.3 Å². The third kappa shape index (κ3) is 3.09. The van der Waals surface area contributed by atoms with Crippen molar-refractivity contribution >= 4 is 17.7 Å². The Morgan fingerprint density at radius 1 is 1.07 bits per heavy atom. The molecule has 7 nitrogen and oxygen atoms in total. The lowest BCUT2D eigenvalue weighted by Gasteiger charge is -2.38. The van der Waals surface area contributed by atoms with Gasteiger partial charge in [-0.2, -0.15) is 0 Å². The highest BCUT2D eigenvalue weighted by Crippen LogP contribution is 2.41. The number of carbonyl (C=O) groups is 3. The number of ether oxygens (including phenoxy) is 2. The van der Waals surface area contributed by atoms with Crippen molar-refractivity contribution in [3.8, 4) is 0 Å². The molecular formula is C20H30N2O5. The van der Waals surface area contributed by atoms with Gasteiger partial charge in [0.15, 0.2) is 5.78 Å². The minimum Gasteiger partial charge on any atom is -0.349 e. The predicted octanol–water partition coefficient (Wildman–Crippen LogP) is 2.33. The van der Waals surface area contributed by atoms with Crippen molar-refractivity contribution < 1.29 is 23.9 Å². The number of fused-ring (bicyclic) bond motifs is 1. The first-order valence-electron chi connectivity index (χ1n) is 10.3. The average molecular weight is 378 g/mol. The first kappa shape index (κ1) is 18.9. The fourth-order valence-corrected chi connectivity index (χ4v) is 5.39. The number of rotatable bonds is 4. The van der Waals surface area contributed by atoms with Crippen LogP contribution in [0.4, 0.5) is 4.79 Å². The molecule has 2 saturated carbocycles. The molecule has 0 aromatic rings. The van der Waals surface area contributed by atoms with Crippen LogP contribution in [0.15, 0.2) is 0 Å². The second-order valence-electron chi connectivity index (χ2n) is 8.72. The topological polar surface area (TPSA) is 76.2 Å². The van der Waals surface area contributed by atoms with Gasteiger partial charge in [0.2, 0.25) is 0 Å². The monoisotopic (exact) mass is 378 g/mol. The summed E-state index contributed by atoms with van der Waals surface area (Å²) in [4.78, 5) is 41.7. The molecule has 2 aliphatic carbocycles. The number of imide groups is 1. The van der Waals surface area contributed by atoms with Gasteiger partial charge in [0, 0.05) is 13.0 Å². The van der Waals surface area contributed by atoms with Crippen LogP contribution in [-0.2, 0) is 19.1 Å². The fraction of sp³-hybridized carbons (Fsp3) is 0.850. The Morgan fingerprint density at radius 2 is 1.78 bits per heavy atom. The zero-order chi connectivity index (χ0) is 19.2. The molecule has 0 radical (unpaired) electrons. The predicted molar refractivity (Wildman–Crippen MR) is 96.8 cm³/mol. The number of hydrogen-bond acceptors (Lipinski definition) is 5. The molecule has 4 aliphatic rings. The molecule has 3 amide bonds. The molecule has 150 valence electrons. The van der Waals surface area contributed by atoms with Gasteiger partial charge in [0.1, 0.15) is 12.3 Å². The number of likely N-dealkylation sites (N-methyl/N-ethyl adjacent to an activating group) is 1. The summed E-state index contributed by atoms with van der Waals surface area (Å²) in [5.41, 5.74) is -0.822. The first-order valence-corrected chi connectivity index (χ1v) is 10.3. The second kappa shape index (κ2) is 7.17. The molecule has 4 rings (SSSR count). The van der Waals surface area contributed by atoms with Gasteiger partial charge in [-0.1, -0.05) is 19.3 Å². The highest BCUT2D eigenvalue weighted by Gasteiger charge is 2.57. The van der Waals surface area contributed by atoms with Crippen molar-refractivity contribution in [2.45, 2.75) is 76.0 Å². The molecule has 4 atom stereocenters. The van der Waals surface area contributed by atoms with Gasteiger partial charge in [-0.25, -0.2) is 4.79 Å². The minimum absolute atomic E-state index is 0.0344. The summed E-state index contributed by atoms with van der Waals surface area (Å²) in [6, 6.07) is -0.337. The van der Waals surface area contributed by atoms with E-state index in [1.165, 1.54) is 11.3 Å². The summed E-state index contributed by atoms with van der Waals surface area (Å²) in [7, 11) is 1.70. The number of carbonyl (C=O) groups excluding carboxylic acids is 3. The Labute approximate surface area is 160 Å². The van der Waals surface area contributed by atoms with Crippen molar-refractivity contribution in [2.75, 3.05) is 20.4 Å². The highest BCUT2D eigenvalue weighted by molar-refractivity contribution is 6.09. The number of hydrogen-bond donors (Lipinski definition) is 0. The van der Waals surface area contributed by atoms with Crippen LogP contribution < -0.4 is 0 Å². The van der Waals surface area contributed by atoms with Crippen LogP contribution in [0.3, 0.4) is 0 Å². The van der Waals surface area contributed by atoms with E-state index in [0.29, 0.717) is 13.2 Å². The summed E-state index contributed by atoms with van der Waals surface area (Å²) in [5, 5.41) is 0. The van der Waals surface area contributed by atoms with Crippen LogP contribution in [0.2, 0.25) is 0 Å². The molecule has 0 aromatic heterocycles. The first-order chi connectivity index (χ1) is 12.9. The molecule has 0 spiro atoms. The van der Waals surface area contributed by atoms with Gasteiger partial charge in [0.05, 0.1) is 18.8 Å². The Kier molecular flexibility index (Phi) is 5.01. The third-order valence-electron chi connectivity index (χ3n) is 7.36. The van der Waals surface area contributed by atoms with E-state index in [9.17, 15) is 14.4 Å². The quantitative estimate of drug-likeness (QED) is 0.702. The summed E-state index contributed by atoms with van der Waals surface area (Å²) < 4.78 is 11.1. The molecule has 0 bridgehead atoms. The number of urea groups is 1. The smallest absolute Gasteiger partial charge is 0.327 e. The molecule has 2 heterocycles. The van der Waals surface area contributed by atoms with Crippen LogP contribution in [0.5, 0.6) is 0 Å². The Bertz CT molecular complexity index is 632. The largest absolute Gasteiger partial charge is 0.349 e. The standard InChI is InChI=1S/C20H30N2O5/c1-20(14-6-4-3-5-7-14)18(24)22(19(25)21(20)2)11-15(23)13-8-9-16-17(10-13)27-12-26-16/h13-14,16-17H,3-12H2,1-2H3. The molecule has 2 saturated heterocycles. The lowest BCUT2D eigenvalue weighted by atomic mass is 9.75. The van der Waals surface area contributed by atoms with Crippen molar-refractivity contribution in [3.05, 3.63) is 0 Å². The van der Waals surface area contributed by atoms with E-state index in [-0.39, 0.29) is 48.3 Å². The van der Waals surface area contributed by atoms with Crippen molar-refractivity contribution in [1.29, 1.82) is 0 Å². The molecule has 0 aromatic carbocycles. The molecule has 4 fully saturated rings. The maximum Gasteiger partial charge on any atom is 0.327 e. The Balaban J connectivity index is 1.44. The van der Waals surface area contributed by atoms with Crippen LogP contribution in [0.25, 0.3) is 0 Å². The molecule has 0 N–H and O–H groups in total. The van der Waals surface area contributed by atoms with Crippen molar-refractivity contribution in [1.82, 2.24) is 9.80 Å². The van der Waals surface area contributed by atoms with E-state index >= 15 is 0 Å². The SMILES string of the molecule is CN1C(=O)N(CC(=O)C2CCC3OCOC3C2)C(=O)C1(C)C1CCCCC1. The van der Waals surface area contributed by atoms with E-state index in [1.807, 2.05) is 6.92 Å². The second-order valence-corrected chi connectivity index (χ2v) is 8.72. The van der Waals surface area contributed by atoms with Crippen LogP contribution >= 0.6 is 0 Å². The van der Waals surface area contributed by atoms with Crippen LogP contribution in [-0.4, -0.2) is 65.7 Å². The van der Waals surface area contributed by atoms with Gasteiger partial charge in [-0.15, -0.1) is 0 Å². The van der Waals surface area contributed by atoms with Gasteiger partial charge in [-0.3, -0.25) is 14.5 Å². The number of ketones is 1. The average Bonchev–Trinajstić information content (AvgIpc) is 3.23. The van der Waals surface area contributed by atoms with Crippen LogP contribution in [0, 0.1) is 11.8 Å². The number of Topliss-reactive ketones (excluding diaryl/α,β-unsaturated/α-hetero) is 1. The van der Waals surface area contributed by atoms with E-state index in [0.717, 1.165) is 38.5 Å². The van der Waals surface area contributed by atoms with E-state index < -0.39 is 5.54 Å². The zero-order valence-electron chi connectivity index (χ0n) is 16.3. The van der Waals surface area contributed by atoms with Gasteiger partial charge < -0.3 is 14.4 Å². The molecule has 27 heavy (non-hydrogen) atoms. The lowest BCUT2D eigenvalue weighted by Crippen LogP contribution is -2.52. The fourth-order valence-electron chi connectivity index (χ4n) is 5.39. The lowest BCUT2D eigenvalue weighted by molar-refractivity contribution is -0.139. The summed E-state index contributed by atoms with van der Waals surface area (Å²) >= 11 is 0. The van der Waals surface area contributed by atoms with Gasteiger partial charge in [-0.05, 0) is 44.9 Å². The summed E-state index contributed by atoms with van der Waals surface area (Å²) in [5.74, 6) is -0.232. The maximum absolute atomic E-state index is 13.2. The number of amides is 3. The Morgan fingerprint density at radius 3 is 2.52 bits per heavy atom. The molecule has 7 heteroatoms. The molecule has 2 aliphatic heterocycles. The van der Waals surface area contributed by atoms with E-state index in [1.54, 1.807) is 11.9 Å². The maximum atomic E-state index is 13.2.